The number of amides is 1. The molecule has 0 aliphatic heterocycles. The summed E-state index contributed by atoms with van der Waals surface area (Å²) in [6, 6.07) is 11.7. The first-order valence-corrected chi connectivity index (χ1v) is 8.52. The molecule has 0 unspecified atom stereocenters. The number of carbonyl (C=O) groups is 1. The van der Waals surface area contributed by atoms with Gasteiger partial charge in [-0.15, -0.1) is 0 Å². The van der Waals surface area contributed by atoms with Crippen molar-refractivity contribution in [3.63, 3.8) is 0 Å². The van der Waals surface area contributed by atoms with Crippen LogP contribution in [-0.4, -0.2) is 42.7 Å². The molecule has 2 aromatic carbocycles. The number of anilines is 1. The predicted octanol–water partition coefficient (Wildman–Crippen LogP) is 3.03. The summed E-state index contributed by atoms with van der Waals surface area (Å²) < 4.78 is 19.9. The molecule has 0 aromatic heterocycles. The summed E-state index contributed by atoms with van der Waals surface area (Å²) in [6.45, 7) is 0.360. The molecular formula is C18H20BrFN2O3. The molecule has 1 amide bonds. The van der Waals surface area contributed by atoms with Gasteiger partial charge in [0.15, 0.2) is 0 Å². The second kappa shape index (κ2) is 9.50. The molecule has 0 heterocycles. The van der Waals surface area contributed by atoms with Crippen LogP contribution >= 0.6 is 15.9 Å². The Kier molecular flexibility index (Phi) is 7.36. The van der Waals surface area contributed by atoms with Gasteiger partial charge in [0.05, 0.1) is 25.9 Å². The molecule has 25 heavy (non-hydrogen) atoms. The zero-order valence-electron chi connectivity index (χ0n) is 13.8. The predicted molar refractivity (Wildman–Crippen MR) is 98.1 cm³/mol. The maximum absolute atomic E-state index is 13.9. The molecule has 0 radical (unpaired) electrons. The summed E-state index contributed by atoms with van der Waals surface area (Å²) in [6.07, 6.45) is 0. The summed E-state index contributed by atoms with van der Waals surface area (Å²) in [7, 11) is 1.53. The van der Waals surface area contributed by atoms with Gasteiger partial charge < -0.3 is 15.2 Å². The lowest BCUT2D eigenvalue weighted by molar-refractivity contribution is -0.117. The second-order valence-corrected chi connectivity index (χ2v) is 6.33. The lowest BCUT2D eigenvalue weighted by atomic mass is 10.2. The number of hydrogen-bond donors (Lipinski definition) is 2. The minimum absolute atomic E-state index is 0.0184. The zero-order chi connectivity index (χ0) is 18.2. The number of ether oxygens (including phenoxy) is 1. The molecule has 2 aromatic rings. The fourth-order valence-corrected chi connectivity index (χ4v) is 2.81. The summed E-state index contributed by atoms with van der Waals surface area (Å²) in [5.41, 5.74) is 1.01. The molecule has 0 aliphatic rings. The Bertz CT molecular complexity index is 727. The van der Waals surface area contributed by atoms with Crippen molar-refractivity contribution < 1.29 is 19.0 Å². The standard InChI is InChI=1S/C18H20BrFN2O3/c1-25-17-5-3-2-4-16(17)21-18(24)12-22(8-9-23)11-13-10-14(19)6-7-15(13)20/h2-7,10,23H,8-9,11-12H2,1H3,(H,21,24). The maximum Gasteiger partial charge on any atom is 0.238 e. The van der Waals surface area contributed by atoms with E-state index >= 15 is 0 Å². The monoisotopic (exact) mass is 410 g/mol. The summed E-state index contributed by atoms with van der Waals surface area (Å²) >= 11 is 3.31. The minimum Gasteiger partial charge on any atom is -0.495 e. The number of hydrogen-bond acceptors (Lipinski definition) is 4. The van der Waals surface area contributed by atoms with E-state index < -0.39 is 0 Å². The molecule has 134 valence electrons. The van der Waals surface area contributed by atoms with Crippen LogP contribution in [-0.2, 0) is 11.3 Å². The zero-order valence-corrected chi connectivity index (χ0v) is 15.4. The summed E-state index contributed by atoms with van der Waals surface area (Å²) in [5.74, 6) is -0.0628. The fourth-order valence-electron chi connectivity index (χ4n) is 2.40. The first kappa shape index (κ1) is 19.4. The van der Waals surface area contributed by atoms with Crippen molar-refractivity contribution in [1.82, 2.24) is 4.90 Å². The highest BCUT2D eigenvalue weighted by Gasteiger charge is 2.15. The highest BCUT2D eigenvalue weighted by Crippen LogP contribution is 2.23. The van der Waals surface area contributed by atoms with Crippen LogP contribution in [0.1, 0.15) is 5.56 Å². The van der Waals surface area contributed by atoms with Crippen LogP contribution in [0.3, 0.4) is 0 Å². The van der Waals surface area contributed by atoms with Crippen molar-refractivity contribution in [1.29, 1.82) is 0 Å². The molecule has 2 N–H and O–H groups in total. The Balaban J connectivity index is 2.05. The van der Waals surface area contributed by atoms with Gasteiger partial charge in [-0.1, -0.05) is 28.1 Å². The molecular weight excluding hydrogens is 391 g/mol. The Hall–Kier alpha value is -1.96. The number of para-hydroxylation sites is 2. The Morgan fingerprint density at radius 3 is 2.80 bits per heavy atom. The average molecular weight is 411 g/mol. The van der Waals surface area contributed by atoms with Gasteiger partial charge in [0.2, 0.25) is 5.91 Å². The van der Waals surface area contributed by atoms with Gasteiger partial charge >= 0.3 is 0 Å². The van der Waals surface area contributed by atoms with Crippen molar-refractivity contribution in [2.24, 2.45) is 0 Å². The normalized spacial score (nSPS) is 10.8. The molecule has 7 heteroatoms. The summed E-state index contributed by atoms with van der Waals surface area (Å²) in [5, 5.41) is 12.0. The third kappa shape index (κ3) is 5.81. The van der Waals surface area contributed by atoms with Crippen LogP contribution in [0.2, 0.25) is 0 Å². The highest BCUT2D eigenvalue weighted by molar-refractivity contribution is 9.10. The third-order valence-corrected chi connectivity index (χ3v) is 4.06. The smallest absolute Gasteiger partial charge is 0.238 e. The van der Waals surface area contributed by atoms with Crippen molar-refractivity contribution >= 4 is 27.5 Å². The van der Waals surface area contributed by atoms with E-state index in [1.54, 1.807) is 35.2 Å². The van der Waals surface area contributed by atoms with E-state index in [0.29, 0.717) is 17.0 Å². The Morgan fingerprint density at radius 2 is 2.08 bits per heavy atom. The van der Waals surface area contributed by atoms with E-state index in [0.717, 1.165) is 4.47 Å². The highest BCUT2D eigenvalue weighted by atomic mass is 79.9. The molecule has 0 aliphatic carbocycles. The van der Waals surface area contributed by atoms with E-state index in [4.69, 9.17) is 4.74 Å². The van der Waals surface area contributed by atoms with Crippen LogP contribution in [0, 0.1) is 5.82 Å². The third-order valence-electron chi connectivity index (χ3n) is 3.57. The van der Waals surface area contributed by atoms with Gasteiger partial charge in [0.25, 0.3) is 0 Å². The molecule has 0 spiro atoms. The second-order valence-electron chi connectivity index (χ2n) is 5.42. The number of aliphatic hydroxyl groups is 1. The van der Waals surface area contributed by atoms with Crippen molar-refractivity contribution in [2.45, 2.75) is 6.54 Å². The lowest BCUT2D eigenvalue weighted by Gasteiger charge is -2.21. The van der Waals surface area contributed by atoms with E-state index in [2.05, 4.69) is 21.2 Å². The topological polar surface area (TPSA) is 61.8 Å². The minimum atomic E-state index is -0.351. The number of benzene rings is 2. The fraction of sp³-hybridized carbons (Fsp3) is 0.278. The average Bonchev–Trinajstić information content (AvgIpc) is 2.58. The largest absolute Gasteiger partial charge is 0.495 e. The molecule has 5 nitrogen and oxygen atoms in total. The lowest BCUT2D eigenvalue weighted by Crippen LogP contribution is -2.35. The maximum atomic E-state index is 13.9. The Morgan fingerprint density at radius 1 is 1.32 bits per heavy atom. The molecule has 0 bridgehead atoms. The molecule has 0 saturated heterocycles. The molecule has 2 rings (SSSR count). The van der Waals surface area contributed by atoms with Crippen LogP contribution < -0.4 is 10.1 Å². The van der Waals surface area contributed by atoms with Gasteiger partial charge in [-0.2, -0.15) is 0 Å². The number of halogens is 2. The van der Waals surface area contributed by atoms with Crippen molar-refractivity contribution in [3.8, 4) is 5.75 Å². The number of methoxy groups -OCH3 is 1. The van der Waals surface area contributed by atoms with Gasteiger partial charge in [-0.3, -0.25) is 9.69 Å². The Labute approximate surface area is 154 Å². The van der Waals surface area contributed by atoms with Gasteiger partial charge in [-0.25, -0.2) is 4.39 Å². The number of nitrogens with zero attached hydrogens (tertiary/aromatic N) is 1. The summed E-state index contributed by atoms with van der Waals surface area (Å²) in [4.78, 5) is 14.0. The number of aliphatic hydroxyl groups excluding tert-OH is 1. The van der Waals surface area contributed by atoms with Crippen LogP contribution in [0.4, 0.5) is 10.1 Å². The molecule has 0 atom stereocenters. The van der Waals surface area contributed by atoms with Crippen LogP contribution in [0.5, 0.6) is 5.75 Å². The first-order chi connectivity index (χ1) is 12.0. The van der Waals surface area contributed by atoms with Crippen LogP contribution in [0.25, 0.3) is 0 Å². The van der Waals surface area contributed by atoms with Crippen molar-refractivity contribution in [3.05, 3.63) is 58.3 Å². The van der Waals surface area contributed by atoms with Gasteiger partial charge in [0.1, 0.15) is 11.6 Å². The van der Waals surface area contributed by atoms with E-state index in [1.807, 2.05) is 6.07 Å². The van der Waals surface area contributed by atoms with E-state index in [9.17, 15) is 14.3 Å². The van der Waals surface area contributed by atoms with E-state index in [-0.39, 0.29) is 38.0 Å². The van der Waals surface area contributed by atoms with Gasteiger partial charge in [0, 0.05) is 23.1 Å². The van der Waals surface area contributed by atoms with Crippen LogP contribution in [0.15, 0.2) is 46.9 Å². The number of rotatable bonds is 8. The SMILES string of the molecule is COc1ccccc1NC(=O)CN(CCO)Cc1cc(Br)ccc1F. The quantitative estimate of drug-likeness (QED) is 0.701. The number of carbonyl (C=O) groups excluding carboxylic acids is 1. The first-order valence-electron chi connectivity index (χ1n) is 7.73. The van der Waals surface area contributed by atoms with Crippen molar-refractivity contribution in [2.75, 3.05) is 32.1 Å². The number of nitrogens with one attached hydrogen (secondary N) is 1. The van der Waals surface area contributed by atoms with Gasteiger partial charge in [-0.05, 0) is 30.3 Å². The molecule has 0 fully saturated rings. The van der Waals surface area contributed by atoms with E-state index in [1.165, 1.54) is 13.2 Å². The molecule has 0 saturated carbocycles.